The topological polar surface area (TPSA) is 49.4 Å². The van der Waals surface area contributed by atoms with E-state index in [2.05, 4.69) is 25.2 Å². The summed E-state index contributed by atoms with van der Waals surface area (Å²) in [5, 5.41) is 3.11. The molecule has 24 heavy (non-hydrogen) atoms. The third kappa shape index (κ3) is 5.35. The highest BCUT2D eigenvalue weighted by Gasteiger charge is 2.29. The van der Waals surface area contributed by atoms with E-state index in [0.29, 0.717) is 0 Å². The Balaban J connectivity index is 1.68. The number of allylic oxidation sites excluding steroid dienone is 1. The fourth-order valence-corrected chi connectivity index (χ4v) is 3.88. The number of amides is 2. The predicted octanol–water partition coefficient (Wildman–Crippen LogP) is 3.67. The van der Waals surface area contributed by atoms with Gasteiger partial charge in [0.25, 0.3) is 0 Å². The average Bonchev–Trinajstić information content (AvgIpc) is 2.63. The lowest BCUT2D eigenvalue weighted by atomic mass is 9.93. The average molecular weight is 335 g/mol. The molecule has 1 N–H and O–H groups in total. The molecule has 1 heterocycles. The first-order valence-electron chi connectivity index (χ1n) is 9.90. The van der Waals surface area contributed by atoms with Gasteiger partial charge >= 0.3 is 0 Å². The maximum absolute atomic E-state index is 12.4. The van der Waals surface area contributed by atoms with Crippen LogP contribution < -0.4 is 5.32 Å². The molecule has 0 saturated carbocycles. The highest BCUT2D eigenvalue weighted by Crippen LogP contribution is 2.22. The molecule has 0 radical (unpaired) electrons. The van der Waals surface area contributed by atoms with Crippen molar-refractivity contribution in [3.8, 4) is 0 Å². The third-order valence-electron chi connectivity index (χ3n) is 5.64. The van der Waals surface area contributed by atoms with E-state index < -0.39 is 0 Å². The summed E-state index contributed by atoms with van der Waals surface area (Å²) in [6, 6.07) is 0. The monoisotopic (exact) mass is 334 g/mol. The van der Waals surface area contributed by atoms with Crippen LogP contribution in [0.5, 0.6) is 0 Å². The Morgan fingerprint density at radius 2 is 1.92 bits per heavy atom. The summed E-state index contributed by atoms with van der Waals surface area (Å²) in [4.78, 5) is 26.7. The lowest BCUT2D eigenvalue weighted by molar-refractivity contribution is -0.139. The standard InChI is InChI=1S/C20H34N2O2/c1-3-17(4-2)20(24)22-14-11-18(12-15-22)19(23)21-13-10-16-8-6-5-7-9-16/h8,17-18H,3-7,9-15H2,1-2H3,(H,21,23). The van der Waals surface area contributed by atoms with Gasteiger partial charge in [0, 0.05) is 31.5 Å². The first-order valence-corrected chi connectivity index (χ1v) is 9.90. The summed E-state index contributed by atoms with van der Waals surface area (Å²) in [5.41, 5.74) is 1.51. The van der Waals surface area contributed by atoms with E-state index in [0.717, 1.165) is 51.7 Å². The Hall–Kier alpha value is -1.32. The van der Waals surface area contributed by atoms with Crippen molar-refractivity contribution in [1.29, 1.82) is 0 Å². The number of likely N-dealkylation sites (tertiary alicyclic amines) is 1. The van der Waals surface area contributed by atoms with E-state index in [1.54, 1.807) is 0 Å². The van der Waals surface area contributed by atoms with E-state index in [-0.39, 0.29) is 23.7 Å². The molecule has 4 heteroatoms. The van der Waals surface area contributed by atoms with Crippen molar-refractivity contribution < 1.29 is 9.59 Å². The normalized spacial score (nSPS) is 19.3. The molecule has 1 aliphatic heterocycles. The molecule has 4 nitrogen and oxygen atoms in total. The number of hydrogen-bond acceptors (Lipinski definition) is 2. The van der Waals surface area contributed by atoms with Crippen LogP contribution in [0.4, 0.5) is 0 Å². The zero-order valence-corrected chi connectivity index (χ0v) is 15.5. The third-order valence-corrected chi connectivity index (χ3v) is 5.64. The fourth-order valence-electron chi connectivity index (χ4n) is 3.88. The van der Waals surface area contributed by atoms with E-state index in [9.17, 15) is 9.59 Å². The second kappa shape index (κ2) is 9.85. The Bertz CT molecular complexity index is 447. The van der Waals surface area contributed by atoms with Crippen molar-refractivity contribution in [2.24, 2.45) is 11.8 Å². The van der Waals surface area contributed by atoms with Crippen molar-refractivity contribution in [3.05, 3.63) is 11.6 Å². The molecule has 1 saturated heterocycles. The second-order valence-electron chi connectivity index (χ2n) is 7.26. The van der Waals surface area contributed by atoms with Crippen LogP contribution in [0.1, 0.15) is 71.6 Å². The number of carbonyl (C=O) groups excluding carboxylic acids is 2. The molecule has 2 rings (SSSR count). The SMILES string of the molecule is CCC(CC)C(=O)N1CCC(C(=O)NCCC2=CCCCC2)CC1. The van der Waals surface area contributed by atoms with Gasteiger partial charge < -0.3 is 10.2 Å². The number of hydrogen-bond donors (Lipinski definition) is 1. The Morgan fingerprint density at radius 3 is 2.50 bits per heavy atom. The first-order chi connectivity index (χ1) is 11.7. The van der Waals surface area contributed by atoms with E-state index in [1.807, 2.05) is 4.90 Å². The van der Waals surface area contributed by atoms with Gasteiger partial charge in [-0.3, -0.25) is 9.59 Å². The Morgan fingerprint density at radius 1 is 1.21 bits per heavy atom. The van der Waals surface area contributed by atoms with Crippen LogP contribution in [0.15, 0.2) is 11.6 Å². The summed E-state index contributed by atoms with van der Waals surface area (Å²) in [6.07, 6.45) is 11.8. The molecule has 1 fully saturated rings. The zero-order valence-electron chi connectivity index (χ0n) is 15.5. The van der Waals surface area contributed by atoms with Crippen molar-refractivity contribution in [3.63, 3.8) is 0 Å². The number of carbonyl (C=O) groups is 2. The minimum atomic E-state index is 0.0797. The van der Waals surface area contributed by atoms with Crippen LogP contribution in [0.25, 0.3) is 0 Å². The Kier molecular flexibility index (Phi) is 7.80. The molecule has 2 amide bonds. The second-order valence-corrected chi connectivity index (χ2v) is 7.26. The number of nitrogens with one attached hydrogen (secondary N) is 1. The molecule has 0 aromatic heterocycles. The predicted molar refractivity (Wildman–Crippen MR) is 97.6 cm³/mol. The smallest absolute Gasteiger partial charge is 0.225 e. The van der Waals surface area contributed by atoms with E-state index in [1.165, 1.54) is 31.3 Å². The van der Waals surface area contributed by atoms with Crippen molar-refractivity contribution in [2.45, 2.75) is 71.6 Å². The summed E-state index contributed by atoms with van der Waals surface area (Å²) in [7, 11) is 0. The Labute approximate surface area is 147 Å². The van der Waals surface area contributed by atoms with Crippen LogP contribution in [-0.4, -0.2) is 36.3 Å². The summed E-state index contributed by atoms with van der Waals surface area (Å²) < 4.78 is 0. The van der Waals surface area contributed by atoms with Crippen LogP contribution in [0.2, 0.25) is 0 Å². The van der Waals surface area contributed by atoms with Crippen molar-refractivity contribution >= 4 is 11.8 Å². The number of piperidine rings is 1. The number of rotatable bonds is 7. The van der Waals surface area contributed by atoms with Gasteiger partial charge in [0.15, 0.2) is 0 Å². The molecule has 1 aliphatic carbocycles. The van der Waals surface area contributed by atoms with Crippen LogP contribution in [-0.2, 0) is 9.59 Å². The lowest BCUT2D eigenvalue weighted by Crippen LogP contribution is -2.45. The molecule has 0 aromatic carbocycles. The molecular formula is C20H34N2O2. The molecule has 0 aromatic rings. The molecular weight excluding hydrogens is 300 g/mol. The van der Waals surface area contributed by atoms with Gasteiger partial charge in [-0.25, -0.2) is 0 Å². The zero-order chi connectivity index (χ0) is 17.4. The van der Waals surface area contributed by atoms with Gasteiger partial charge in [-0.05, 0) is 57.8 Å². The largest absolute Gasteiger partial charge is 0.356 e. The molecule has 0 bridgehead atoms. The lowest BCUT2D eigenvalue weighted by Gasteiger charge is -2.33. The summed E-state index contributed by atoms with van der Waals surface area (Å²) in [6.45, 7) is 6.39. The highest BCUT2D eigenvalue weighted by atomic mass is 16.2. The molecule has 0 spiro atoms. The van der Waals surface area contributed by atoms with Gasteiger partial charge in [-0.15, -0.1) is 0 Å². The summed E-state index contributed by atoms with van der Waals surface area (Å²) >= 11 is 0. The van der Waals surface area contributed by atoms with Gasteiger partial charge in [0.1, 0.15) is 0 Å². The van der Waals surface area contributed by atoms with Gasteiger partial charge in [-0.2, -0.15) is 0 Å². The van der Waals surface area contributed by atoms with Crippen LogP contribution >= 0.6 is 0 Å². The maximum Gasteiger partial charge on any atom is 0.225 e. The van der Waals surface area contributed by atoms with E-state index >= 15 is 0 Å². The van der Waals surface area contributed by atoms with Crippen LogP contribution in [0, 0.1) is 11.8 Å². The van der Waals surface area contributed by atoms with Gasteiger partial charge in [0.2, 0.25) is 11.8 Å². The maximum atomic E-state index is 12.4. The number of nitrogens with zero attached hydrogens (tertiary/aromatic N) is 1. The van der Waals surface area contributed by atoms with E-state index in [4.69, 9.17) is 0 Å². The minimum absolute atomic E-state index is 0.0797. The summed E-state index contributed by atoms with van der Waals surface area (Å²) in [5.74, 6) is 0.694. The molecule has 136 valence electrons. The molecule has 0 unspecified atom stereocenters. The van der Waals surface area contributed by atoms with Gasteiger partial charge in [-0.1, -0.05) is 25.5 Å². The molecule has 2 aliphatic rings. The van der Waals surface area contributed by atoms with Crippen LogP contribution in [0.3, 0.4) is 0 Å². The minimum Gasteiger partial charge on any atom is -0.356 e. The van der Waals surface area contributed by atoms with Gasteiger partial charge in [0.05, 0.1) is 0 Å². The first kappa shape index (κ1) is 19.0. The molecule has 0 atom stereocenters. The van der Waals surface area contributed by atoms with Crippen molar-refractivity contribution in [1.82, 2.24) is 10.2 Å². The quantitative estimate of drug-likeness (QED) is 0.722. The fraction of sp³-hybridized carbons (Fsp3) is 0.800. The highest BCUT2D eigenvalue weighted by molar-refractivity contribution is 5.81. The van der Waals surface area contributed by atoms with Crippen molar-refractivity contribution in [2.75, 3.05) is 19.6 Å².